The van der Waals surface area contributed by atoms with Crippen LogP contribution in [-0.4, -0.2) is 54.1 Å². The van der Waals surface area contributed by atoms with Crippen LogP contribution < -0.4 is 33.7 Å². The summed E-state index contributed by atoms with van der Waals surface area (Å²) in [5, 5.41) is 13.3. The summed E-state index contributed by atoms with van der Waals surface area (Å²) >= 11 is 0. The molecule has 0 aliphatic heterocycles. The molecule has 0 saturated heterocycles. The number of benzene rings is 2. The van der Waals surface area contributed by atoms with Gasteiger partial charge in [-0.25, -0.2) is 0 Å². The summed E-state index contributed by atoms with van der Waals surface area (Å²) in [6.07, 6.45) is 4.74. The molecule has 220 valence electrons. The van der Waals surface area contributed by atoms with Gasteiger partial charge in [-0.2, -0.15) is 5.26 Å². The molecule has 0 heterocycles. The molecule has 0 aromatic heterocycles. The maximum Gasteiger partial charge on any atom is 0.207 e. The number of nitrogens with zero attached hydrogens (tertiary/aromatic N) is 1. The van der Waals surface area contributed by atoms with Gasteiger partial charge in [0.1, 0.15) is 0 Å². The molecule has 2 aromatic rings. The molecule has 2 rings (SSSR count). The lowest BCUT2D eigenvalue weighted by Gasteiger charge is -2.29. The van der Waals surface area contributed by atoms with Gasteiger partial charge in [-0.1, -0.05) is 19.4 Å². The molecule has 40 heavy (non-hydrogen) atoms. The summed E-state index contributed by atoms with van der Waals surface area (Å²) in [6.45, 7) is 6.75. The molecule has 2 atom stereocenters. The second-order valence-corrected chi connectivity index (χ2v) is 9.39. The number of carbonyl (C=O) groups is 1. The number of nitriles is 1. The number of hydrogen-bond acceptors (Lipinski definition) is 8. The average molecular weight is 557 g/mol. The Bertz CT molecular complexity index is 1130. The summed E-state index contributed by atoms with van der Waals surface area (Å²) in [5.41, 5.74) is 1.04. The third-order valence-corrected chi connectivity index (χ3v) is 6.98. The number of nitrogens with one attached hydrogen (secondary N) is 1. The molecule has 0 radical (unpaired) electrons. The Morgan fingerprint density at radius 3 is 2.12 bits per heavy atom. The van der Waals surface area contributed by atoms with Crippen molar-refractivity contribution in [1.82, 2.24) is 5.32 Å². The predicted octanol–water partition coefficient (Wildman–Crippen LogP) is 5.61. The molecule has 1 amide bonds. The van der Waals surface area contributed by atoms with E-state index in [0.29, 0.717) is 86.2 Å². The monoisotopic (exact) mass is 556 g/mol. The van der Waals surface area contributed by atoms with Crippen LogP contribution in [0.4, 0.5) is 0 Å². The summed E-state index contributed by atoms with van der Waals surface area (Å²) in [4.78, 5) is 11.6. The Balaban J connectivity index is 2.36. The number of amides is 1. The van der Waals surface area contributed by atoms with Gasteiger partial charge in [-0.15, -0.1) is 0 Å². The van der Waals surface area contributed by atoms with Gasteiger partial charge < -0.3 is 33.7 Å². The van der Waals surface area contributed by atoms with Gasteiger partial charge in [-0.05, 0) is 69.7 Å². The Kier molecular flexibility index (Phi) is 13.2. The van der Waals surface area contributed by atoms with E-state index in [-0.39, 0.29) is 6.04 Å². The van der Waals surface area contributed by atoms with Crippen LogP contribution in [0.5, 0.6) is 34.5 Å². The van der Waals surface area contributed by atoms with Crippen molar-refractivity contribution in [3.63, 3.8) is 0 Å². The maximum absolute atomic E-state index is 11.6. The van der Waals surface area contributed by atoms with Crippen LogP contribution in [0.3, 0.4) is 0 Å². The second-order valence-electron chi connectivity index (χ2n) is 9.39. The van der Waals surface area contributed by atoms with Crippen molar-refractivity contribution in [3.8, 4) is 40.6 Å². The summed E-state index contributed by atoms with van der Waals surface area (Å²) in [5.74, 6) is 3.24. The number of methoxy groups -OCH3 is 4. The van der Waals surface area contributed by atoms with E-state index in [4.69, 9.17) is 28.4 Å². The van der Waals surface area contributed by atoms with Crippen LogP contribution in [0, 0.1) is 11.3 Å². The van der Waals surface area contributed by atoms with Crippen molar-refractivity contribution >= 4 is 6.41 Å². The first-order valence-corrected chi connectivity index (χ1v) is 13.8. The smallest absolute Gasteiger partial charge is 0.207 e. The lowest BCUT2D eigenvalue weighted by Crippen LogP contribution is -2.31. The van der Waals surface area contributed by atoms with E-state index in [1.54, 1.807) is 28.4 Å². The lowest BCUT2D eigenvalue weighted by molar-refractivity contribution is -0.110. The quantitative estimate of drug-likeness (QED) is 0.223. The van der Waals surface area contributed by atoms with Crippen LogP contribution in [-0.2, 0) is 16.6 Å². The number of carbonyl (C=O) groups excluding carboxylic acids is 1. The fraction of sp³-hybridized carbons (Fsp3) is 0.548. The van der Waals surface area contributed by atoms with E-state index in [1.165, 1.54) is 0 Å². The van der Waals surface area contributed by atoms with Gasteiger partial charge in [0.05, 0.1) is 53.1 Å². The molecular weight excluding hydrogens is 512 g/mol. The molecule has 0 bridgehead atoms. The minimum atomic E-state index is -0.692. The highest BCUT2D eigenvalue weighted by molar-refractivity contribution is 5.63. The first-order chi connectivity index (χ1) is 19.4. The number of hydrogen-bond donors (Lipinski definition) is 1. The molecule has 9 heteroatoms. The van der Waals surface area contributed by atoms with Crippen molar-refractivity contribution in [1.29, 1.82) is 5.26 Å². The Hall–Kier alpha value is -3.80. The molecule has 0 saturated carbocycles. The van der Waals surface area contributed by atoms with Crippen molar-refractivity contribution in [2.75, 3.05) is 41.7 Å². The third-order valence-electron chi connectivity index (χ3n) is 6.98. The Labute approximate surface area is 238 Å². The molecular formula is C31H44N2O7. The normalized spacial score (nSPS) is 12.8. The first kappa shape index (κ1) is 32.4. The second kappa shape index (κ2) is 16.3. The summed E-state index contributed by atoms with van der Waals surface area (Å²) in [6, 6.07) is 9.96. The fourth-order valence-corrected chi connectivity index (χ4v) is 5.15. The highest BCUT2D eigenvalue weighted by Crippen LogP contribution is 2.47. The maximum atomic E-state index is 11.6. The molecule has 0 unspecified atom stereocenters. The standard InChI is InChI=1S/C31H44N2O7/c1-8-15-31(20-32,23-13-14-25(35-4)26(19-23)36-5)16-11-12-24(33-21-34)17-22-18-27(39-9-2)29(37-6)30(38-7)28(22)40-10-3/h13-14,18-19,21,24H,8-12,15-17H2,1-7H3,(H,33,34)/t24-,31-/m0/s1. The van der Waals surface area contributed by atoms with E-state index in [1.807, 2.05) is 38.1 Å². The van der Waals surface area contributed by atoms with Crippen molar-refractivity contribution in [2.45, 2.75) is 70.8 Å². The van der Waals surface area contributed by atoms with Gasteiger partial charge in [-0.3, -0.25) is 4.79 Å². The van der Waals surface area contributed by atoms with E-state index < -0.39 is 5.41 Å². The van der Waals surface area contributed by atoms with Crippen molar-refractivity contribution in [3.05, 3.63) is 35.4 Å². The van der Waals surface area contributed by atoms with E-state index in [9.17, 15) is 10.1 Å². The topological polar surface area (TPSA) is 108 Å². The van der Waals surface area contributed by atoms with Crippen LogP contribution in [0.1, 0.15) is 64.0 Å². The minimum absolute atomic E-state index is 0.201. The highest BCUT2D eigenvalue weighted by Gasteiger charge is 2.32. The van der Waals surface area contributed by atoms with Crippen LogP contribution >= 0.6 is 0 Å². The van der Waals surface area contributed by atoms with E-state index in [2.05, 4.69) is 18.3 Å². The van der Waals surface area contributed by atoms with Gasteiger partial charge in [0.15, 0.2) is 23.0 Å². The predicted molar refractivity (Wildman–Crippen MR) is 154 cm³/mol. The largest absolute Gasteiger partial charge is 0.493 e. The first-order valence-electron chi connectivity index (χ1n) is 13.8. The van der Waals surface area contributed by atoms with Gasteiger partial charge >= 0.3 is 0 Å². The van der Waals surface area contributed by atoms with E-state index >= 15 is 0 Å². The average Bonchev–Trinajstić information content (AvgIpc) is 2.97. The van der Waals surface area contributed by atoms with Crippen molar-refractivity contribution < 1.29 is 33.2 Å². The zero-order chi connectivity index (χ0) is 29.5. The molecule has 0 aliphatic rings. The third kappa shape index (κ3) is 7.65. The van der Waals surface area contributed by atoms with Crippen molar-refractivity contribution in [2.24, 2.45) is 0 Å². The SMILES string of the molecule is CCC[C@@](C#N)(CCC[C@@H](Cc1cc(OCC)c(OC)c(OC)c1OCC)NC=O)c1ccc(OC)c(OC)c1. The molecule has 0 spiro atoms. The van der Waals surface area contributed by atoms with Crippen LogP contribution in [0.25, 0.3) is 0 Å². The zero-order valence-electron chi connectivity index (χ0n) is 24.9. The molecule has 9 nitrogen and oxygen atoms in total. The zero-order valence-corrected chi connectivity index (χ0v) is 24.9. The highest BCUT2D eigenvalue weighted by atomic mass is 16.5. The Morgan fingerprint density at radius 2 is 1.57 bits per heavy atom. The summed E-state index contributed by atoms with van der Waals surface area (Å²) in [7, 11) is 6.30. The van der Waals surface area contributed by atoms with Gasteiger partial charge in [0.25, 0.3) is 0 Å². The molecule has 0 aliphatic carbocycles. The number of rotatable bonds is 19. The van der Waals surface area contributed by atoms with Gasteiger partial charge in [0, 0.05) is 11.6 Å². The van der Waals surface area contributed by atoms with E-state index in [0.717, 1.165) is 17.5 Å². The molecule has 2 aromatic carbocycles. The molecule has 1 N–H and O–H groups in total. The number of ether oxygens (including phenoxy) is 6. The fourth-order valence-electron chi connectivity index (χ4n) is 5.15. The lowest BCUT2D eigenvalue weighted by atomic mass is 9.74. The molecule has 0 fully saturated rings. The minimum Gasteiger partial charge on any atom is -0.493 e. The summed E-state index contributed by atoms with van der Waals surface area (Å²) < 4.78 is 33.9. The van der Waals surface area contributed by atoms with Gasteiger partial charge in [0.2, 0.25) is 17.9 Å². The van der Waals surface area contributed by atoms with Crippen LogP contribution in [0.15, 0.2) is 24.3 Å². The Morgan fingerprint density at radius 1 is 0.875 bits per heavy atom. The van der Waals surface area contributed by atoms with Crippen LogP contribution in [0.2, 0.25) is 0 Å².